The van der Waals surface area contributed by atoms with Gasteiger partial charge in [-0.05, 0) is 68.4 Å². The average molecular weight is 466 g/mol. The lowest BCUT2D eigenvalue weighted by Crippen LogP contribution is -2.38. The van der Waals surface area contributed by atoms with Crippen molar-refractivity contribution in [3.63, 3.8) is 0 Å². The number of likely N-dealkylation sites (tertiary alicyclic amines) is 1. The van der Waals surface area contributed by atoms with Gasteiger partial charge < -0.3 is 19.9 Å². The molecule has 2 aliphatic rings. The largest absolute Gasteiger partial charge is 0.449 e. The highest BCUT2D eigenvalue weighted by Crippen LogP contribution is 2.29. The number of unbranched alkanes of at least 4 members (excludes halogenated alkanes) is 1. The summed E-state index contributed by atoms with van der Waals surface area (Å²) < 4.78 is 5.33. The molecule has 1 unspecified atom stereocenters. The van der Waals surface area contributed by atoms with Crippen molar-refractivity contribution in [1.29, 1.82) is 0 Å². The number of benzene rings is 1. The summed E-state index contributed by atoms with van der Waals surface area (Å²) in [6.45, 7) is 7.40. The van der Waals surface area contributed by atoms with Crippen LogP contribution in [0.5, 0.6) is 0 Å². The first-order chi connectivity index (χ1) is 16.5. The van der Waals surface area contributed by atoms with Gasteiger partial charge in [0, 0.05) is 31.9 Å². The number of ether oxygens (including phenoxy) is 1. The number of carbonyl (C=O) groups is 2. The number of piperidine rings is 1. The second-order valence-electron chi connectivity index (χ2n) is 9.31. The van der Waals surface area contributed by atoms with E-state index in [0.717, 1.165) is 68.9 Å². The van der Waals surface area contributed by atoms with Crippen LogP contribution in [0.15, 0.2) is 36.4 Å². The van der Waals surface area contributed by atoms with Crippen molar-refractivity contribution in [2.24, 2.45) is 5.92 Å². The van der Waals surface area contributed by atoms with Gasteiger partial charge in [-0.1, -0.05) is 25.5 Å². The minimum Gasteiger partial charge on any atom is -0.449 e. The third kappa shape index (κ3) is 6.04. The number of aromatic nitrogens is 2. The monoisotopic (exact) mass is 465 g/mol. The van der Waals surface area contributed by atoms with Gasteiger partial charge in [0.1, 0.15) is 0 Å². The molecule has 0 spiro atoms. The fraction of sp³-hybridized carbons (Fsp3) is 0.538. The summed E-state index contributed by atoms with van der Waals surface area (Å²) in [7, 11) is 0. The molecule has 2 saturated heterocycles. The number of carbonyl (C=O) groups excluding carboxylic acids is 2. The van der Waals surface area contributed by atoms with Crippen LogP contribution in [0.1, 0.15) is 56.2 Å². The van der Waals surface area contributed by atoms with Gasteiger partial charge in [-0.15, -0.1) is 5.10 Å². The number of anilines is 2. The van der Waals surface area contributed by atoms with Crippen LogP contribution in [-0.2, 0) is 9.53 Å². The van der Waals surface area contributed by atoms with Gasteiger partial charge in [0.05, 0.1) is 18.2 Å². The molecule has 8 nitrogen and oxygen atoms in total. The second kappa shape index (κ2) is 11.3. The van der Waals surface area contributed by atoms with Crippen LogP contribution in [0, 0.1) is 12.8 Å². The number of nitrogens with zero attached hydrogens (tertiary/aromatic N) is 4. The number of amides is 2. The van der Waals surface area contributed by atoms with E-state index in [1.807, 2.05) is 36.1 Å². The molecule has 2 aliphatic heterocycles. The number of aryl methyl sites for hydroxylation is 1. The zero-order chi connectivity index (χ0) is 23.9. The number of nitrogens with one attached hydrogen (secondary N) is 1. The first kappa shape index (κ1) is 24.0. The summed E-state index contributed by atoms with van der Waals surface area (Å²) in [4.78, 5) is 28.9. The maximum Gasteiger partial charge on any atom is 0.409 e. The van der Waals surface area contributed by atoms with Crippen LogP contribution in [0.25, 0.3) is 0 Å². The average Bonchev–Trinajstić information content (AvgIpc) is 3.36. The molecule has 0 saturated carbocycles. The first-order valence-electron chi connectivity index (χ1n) is 12.4. The molecule has 4 rings (SSSR count). The molecule has 1 N–H and O–H groups in total. The third-order valence-corrected chi connectivity index (χ3v) is 6.79. The van der Waals surface area contributed by atoms with E-state index in [4.69, 9.17) is 4.74 Å². The summed E-state index contributed by atoms with van der Waals surface area (Å²) in [6.07, 6.45) is 4.39. The van der Waals surface area contributed by atoms with Gasteiger partial charge >= 0.3 is 6.09 Å². The molecule has 2 aromatic rings. The van der Waals surface area contributed by atoms with Gasteiger partial charge in [-0.3, -0.25) is 4.79 Å². The van der Waals surface area contributed by atoms with Crippen LogP contribution >= 0.6 is 0 Å². The Bertz CT molecular complexity index is 955. The molecular weight excluding hydrogens is 430 g/mol. The predicted octanol–water partition coefficient (Wildman–Crippen LogP) is 4.37. The molecule has 3 heterocycles. The van der Waals surface area contributed by atoms with Crippen molar-refractivity contribution in [2.75, 3.05) is 43.0 Å². The number of hydrogen-bond acceptors (Lipinski definition) is 6. The van der Waals surface area contributed by atoms with Crippen molar-refractivity contribution >= 4 is 23.5 Å². The molecule has 0 bridgehead atoms. The number of rotatable bonds is 7. The lowest BCUT2D eigenvalue weighted by Gasteiger charge is -2.31. The quantitative estimate of drug-likeness (QED) is 0.611. The Morgan fingerprint density at radius 2 is 1.79 bits per heavy atom. The van der Waals surface area contributed by atoms with E-state index < -0.39 is 0 Å². The van der Waals surface area contributed by atoms with Gasteiger partial charge in [0.15, 0.2) is 5.82 Å². The van der Waals surface area contributed by atoms with Gasteiger partial charge in [-0.25, -0.2) is 4.79 Å². The molecule has 0 radical (unpaired) electrons. The smallest absolute Gasteiger partial charge is 0.409 e. The van der Waals surface area contributed by atoms with Crippen LogP contribution in [0.3, 0.4) is 0 Å². The Hall–Kier alpha value is -3.16. The minimum atomic E-state index is -0.190. The van der Waals surface area contributed by atoms with Gasteiger partial charge in [-0.2, -0.15) is 5.10 Å². The van der Waals surface area contributed by atoms with E-state index in [1.165, 1.54) is 5.56 Å². The van der Waals surface area contributed by atoms with E-state index >= 15 is 0 Å². The Morgan fingerprint density at radius 1 is 1.03 bits per heavy atom. The van der Waals surface area contributed by atoms with Crippen LogP contribution in [-0.4, -0.2) is 59.9 Å². The topological polar surface area (TPSA) is 87.7 Å². The molecule has 182 valence electrons. The Kier molecular flexibility index (Phi) is 7.98. The predicted molar refractivity (Wildman–Crippen MR) is 132 cm³/mol. The standard InChI is InChI=1S/C26H35N5O3/c1-3-4-17-34-26(33)30-14-11-21(12-15-30)20-6-8-23(9-7-20)27-25(32)22-13-16-31(18-22)24-10-5-19(2)28-29-24/h5-10,21-22H,3-4,11-18H2,1-2H3,(H,27,32). The summed E-state index contributed by atoms with van der Waals surface area (Å²) in [6, 6.07) is 12.1. The van der Waals surface area contributed by atoms with Crippen molar-refractivity contribution in [1.82, 2.24) is 15.1 Å². The molecular formula is C26H35N5O3. The fourth-order valence-corrected chi connectivity index (χ4v) is 4.62. The van der Waals surface area contributed by atoms with Crippen LogP contribution in [0.2, 0.25) is 0 Å². The molecule has 2 fully saturated rings. The Morgan fingerprint density at radius 3 is 2.47 bits per heavy atom. The maximum absolute atomic E-state index is 12.8. The van der Waals surface area contributed by atoms with Crippen molar-refractivity contribution < 1.29 is 14.3 Å². The van der Waals surface area contributed by atoms with E-state index in [1.54, 1.807) is 0 Å². The van der Waals surface area contributed by atoms with Gasteiger partial charge in [0.25, 0.3) is 0 Å². The van der Waals surface area contributed by atoms with E-state index in [9.17, 15) is 9.59 Å². The second-order valence-corrected chi connectivity index (χ2v) is 9.31. The third-order valence-electron chi connectivity index (χ3n) is 6.79. The van der Waals surface area contributed by atoms with Gasteiger partial charge in [0.2, 0.25) is 5.91 Å². The first-order valence-corrected chi connectivity index (χ1v) is 12.4. The summed E-state index contributed by atoms with van der Waals surface area (Å²) in [5.74, 6) is 1.23. The lowest BCUT2D eigenvalue weighted by molar-refractivity contribution is -0.119. The molecule has 0 aliphatic carbocycles. The minimum absolute atomic E-state index is 0.0465. The molecule has 1 aromatic heterocycles. The van der Waals surface area contributed by atoms with Crippen LogP contribution < -0.4 is 10.2 Å². The highest BCUT2D eigenvalue weighted by molar-refractivity contribution is 5.93. The highest BCUT2D eigenvalue weighted by atomic mass is 16.6. The van der Waals surface area contributed by atoms with Crippen molar-refractivity contribution in [3.8, 4) is 0 Å². The molecule has 1 atom stereocenters. The van der Waals surface area contributed by atoms with E-state index in [2.05, 4.69) is 39.5 Å². The summed E-state index contributed by atoms with van der Waals surface area (Å²) in [5.41, 5.74) is 2.96. The Balaban J connectivity index is 1.24. The molecule has 1 aromatic carbocycles. The van der Waals surface area contributed by atoms with Crippen molar-refractivity contribution in [3.05, 3.63) is 47.7 Å². The summed E-state index contributed by atoms with van der Waals surface area (Å²) >= 11 is 0. The lowest BCUT2D eigenvalue weighted by atomic mass is 9.89. The zero-order valence-corrected chi connectivity index (χ0v) is 20.2. The zero-order valence-electron chi connectivity index (χ0n) is 20.2. The fourth-order valence-electron chi connectivity index (χ4n) is 4.62. The summed E-state index contributed by atoms with van der Waals surface area (Å²) in [5, 5.41) is 11.4. The van der Waals surface area contributed by atoms with Crippen LogP contribution in [0.4, 0.5) is 16.3 Å². The van der Waals surface area contributed by atoms with Crippen molar-refractivity contribution in [2.45, 2.75) is 51.9 Å². The molecule has 8 heteroatoms. The highest BCUT2D eigenvalue weighted by Gasteiger charge is 2.29. The normalized spacial score (nSPS) is 18.7. The molecule has 2 amide bonds. The number of hydrogen-bond donors (Lipinski definition) is 1. The molecule has 34 heavy (non-hydrogen) atoms. The maximum atomic E-state index is 12.8. The van der Waals surface area contributed by atoms with E-state index in [0.29, 0.717) is 19.1 Å². The SMILES string of the molecule is CCCCOC(=O)N1CCC(c2ccc(NC(=O)C3CCN(c4ccc(C)nn4)C3)cc2)CC1. The van der Waals surface area contributed by atoms with E-state index in [-0.39, 0.29) is 17.9 Å². The Labute approximate surface area is 201 Å².